The summed E-state index contributed by atoms with van der Waals surface area (Å²) in [5, 5.41) is 0. The first-order valence-electron chi connectivity index (χ1n) is 4.56. The second kappa shape index (κ2) is 5.05. The molecule has 0 amide bonds. The Hall–Kier alpha value is -1.97. The first-order chi connectivity index (χ1) is 7.11. The predicted octanol–water partition coefficient (Wildman–Crippen LogP) is 1.47. The summed E-state index contributed by atoms with van der Waals surface area (Å²) in [6.07, 6.45) is 2.98. The average Bonchev–Trinajstić information content (AvgIpc) is 2.14. The van der Waals surface area contributed by atoms with Crippen molar-refractivity contribution >= 4 is 17.3 Å². The molecule has 15 heavy (non-hydrogen) atoms. The number of benzene rings is 1. The van der Waals surface area contributed by atoms with E-state index in [2.05, 4.69) is 0 Å². The number of anilines is 2. The standard InChI is InChI=1S/C11H14N2O2/c1-2-3-11(14)15-7-8-4-9(12)6-10(13)5-8/h2-6H,7,12-13H2,1H3/b3-2+. The summed E-state index contributed by atoms with van der Waals surface area (Å²) in [6.45, 7) is 1.93. The summed E-state index contributed by atoms with van der Waals surface area (Å²) in [5.41, 5.74) is 13.1. The van der Waals surface area contributed by atoms with Crippen molar-refractivity contribution in [1.82, 2.24) is 0 Å². The molecule has 4 heteroatoms. The van der Waals surface area contributed by atoms with Crippen molar-refractivity contribution in [3.8, 4) is 0 Å². The van der Waals surface area contributed by atoms with Gasteiger partial charge in [0.15, 0.2) is 0 Å². The zero-order chi connectivity index (χ0) is 11.3. The molecule has 0 fully saturated rings. The Morgan fingerprint density at radius 3 is 2.47 bits per heavy atom. The zero-order valence-electron chi connectivity index (χ0n) is 8.57. The van der Waals surface area contributed by atoms with Crippen LogP contribution in [0.25, 0.3) is 0 Å². The molecule has 0 atom stereocenters. The Labute approximate surface area is 88.5 Å². The van der Waals surface area contributed by atoms with E-state index >= 15 is 0 Å². The Morgan fingerprint density at radius 1 is 1.33 bits per heavy atom. The van der Waals surface area contributed by atoms with Crippen molar-refractivity contribution in [2.75, 3.05) is 11.5 Å². The highest BCUT2D eigenvalue weighted by molar-refractivity contribution is 5.81. The van der Waals surface area contributed by atoms with Gasteiger partial charge in [-0.1, -0.05) is 6.08 Å². The number of allylic oxidation sites excluding steroid dienone is 1. The van der Waals surface area contributed by atoms with Crippen LogP contribution in [-0.4, -0.2) is 5.97 Å². The summed E-state index contributed by atoms with van der Waals surface area (Å²) >= 11 is 0. The van der Waals surface area contributed by atoms with Gasteiger partial charge in [0.1, 0.15) is 6.61 Å². The van der Waals surface area contributed by atoms with Crippen LogP contribution in [0.2, 0.25) is 0 Å². The fourth-order valence-corrected chi connectivity index (χ4v) is 1.17. The number of hydrogen-bond donors (Lipinski definition) is 2. The van der Waals surface area contributed by atoms with Crippen LogP contribution in [0.15, 0.2) is 30.4 Å². The smallest absolute Gasteiger partial charge is 0.330 e. The number of carbonyl (C=O) groups is 1. The molecule has 0 unspecified atom stereocenters. The topological polar surface area (TPSA) is 78.3 Å². The summed E-state index contributed by atoms with van der Waals surface area (Å²) in [6, 6.07) is 5.09. The molecular formula is C11H14N2O2. The van der Waals surface area contributed by atoms with Gasteiger partial charge in [-0.25, -0.2) is 4.79 Å². The summed E-state index contributed by atoms with van der Waals surface area (Å²) < 4.78 is 4.94. The van der Waals surface area contributed by atoms with Gasteiger partial charge in [-0.3, -0.25) is 0 Å². The number of nitrogen functional groups attached to an aromatic ring is 2. The lowest BCUT2D eigenvalue weighted by Crippen LogP contribution is -2.02. The fourth-order valence-electron chi connectivity index (χ4n) is 1.17. The third-order valence-electron chi connectivity index (χ3n) is 1.72. The maximum Gasteiger partial charge on any atom is 0.330 e. The third-order valence-corrected chi connectivity index (χ3v) is 1.72. The average molecular weight is 206 g/mol. The molecule has 0 bridgehead atoms. The highest BCUT2D eigenvalue weighted by Crippen LogP contribution is 2.14. The highest BCUT2D eigenvalue weighted by atomic mass is 16.5. The van der Waals surface area contributed by atoms with E-state index in [0.717, 1.165) is 5.56 Å². The van der Waals surface area contributed by atoms with Crippen LogP contribution in [0.3, 0.4) is 0 Å². The molecule has 4 N–H and O–H groups in total. The minimum absolute atomic E-state index is 0.179. The molecule has 1 rings (SSSR count). The van der Waals surface area contributed by atoms with Crippen molar-refractivity contribution in [2.45, 2.75) is 13.5 Å². The van der Waals surface area contributed by atoms with E-state index in [1.54, 1.807) is 31.2 Å². The molecule has 0 saturated carbocycles. The van der Waals surface area contributed by atoms with Crippen LogP contribution < -0.4 is 11.5 Å². The molecule has 0 saturated heterocycles. The minimum atomic E-state index is -0.376. The maximum absolute atomic E-state index is 11.0. The lowest BCUT2D eigenvalue weighted by atomic mass is 10.2. The Bertz CT molecular complexity index is 366. The summed E-state index contributed by atoms with van der Waals surface area (Å²) in [4.78, 5) is 11.0. The van der Waals surface area contributed by atoms with Crippen molar-refractivity contribution < 1.29 is 9.53 Å². The van der Waals surface area contributed by atoms with E-state index in [9.17, 15) is 4.79 Å². The van der Waals surface area contributed by atoms with Gasteiger partial charge in [0.05, 0.1) is 0 Å². The van der Waals surface area contributed by atoms with E-state index in [4.69, 9.17) is 16.2 Å². The maximum atomic E-state index is 11.0. The molecule has 0 aliphatic heterocycles. The Morgan fingerprint density at radius 2 is 1.93 bits per heavy atom. The van der Waals surface area contributed by atoms with Crippen LogP contribution in [-0.2, 0) is 16.1 Å². The van der Waals surface area contributed by atoms with E-state index in [-0.39, 0.29) is 12.6 Å². The highest BCUT2D eigenvalue weighted by Gasteiger charge is 2.00. The normalized spacial score (nSPS) is 10.5. The summed E-state index contributed by atoms with van der Waals surface area (Å²) in [5.74, 6) is -0.376. The first-order valence-corrected chi connectivity index (χ1v) is 4.56. The molecule has 0 radical (unpaired) electrons. The molecular weight excluding hydrogens is 192 g/mol. The van der Waals surface area contributed by atoms with Gasteiger partial charge in [0.2, 0.25) is 0 Å². The third kappa shape index (κ3) is 3.72. The van der Waals surface area contributed by atoms with E-state index in [1.165, 1.54) is 6.08 Å². The number of nitrogens with two attached hydrogens (primary N) is 2. The van der Waals surface area contributed by atoms with Crippen LogP contribution >= 0.6 is 0 Å². The van der Waals surface area contributed by atoms with Gasteiger partial charge >= 0.3 is 5.97 Å². The SMILES string of the molecule is C/C=C/C(=O)OCc1cc(N)cc(N)c1. The van der Waals surface area contributed by atoms with Gasteiger partial charge in [-0.15, -0.1) is 0 Å². The van der Waals surface area contributed by atoms with Crippen molar-refractivity contribution in [3.63, 3.8) is 0 Å². The van der Waals surface area contributed by atoms with E-state index < -0.39 is 0 Å². The second-order valence-corrected chi connectivity index (χ2v) is 3.12. The molecule has 4 nitrogen and oxygen atoms in total. The second-order valence-electron chi connectivity index (χ2n) is 3.12. The minimum Gasteiger partial charge on any atom is -0.458 e. The van der Waals surface area contributed by atoms with Crippen LogP contribution in [0.5, 0.6) is 0 Å². The molecule has 0 aliphatic carbocycles. The number of ether oxygens (including phenoxy) is 1. The van der Waals surface area contributed by atoms with Gasteiger partial charge in [-0.05, 0) is 30.7 Å². The van der Waals surface area contributed by atoms with Crippen LogP contribution in [0, 0.1) is 0 Å². The Balaban J connectivity index is 2.61. The van der Waals surface area contributed by atoms with Gasteiger partial charge in [0.25, 0.3) is 0 Å². The quantitative estimate of drug-likeness (QED) is 0.446. The number of esters is 1. The van der Waals surface area contributed by atoms with E-state index in [0.29, 0.717) is 11.4 Å². The van der Waals surface area contributed by atoms with Crippen LogP contribution in [0.1, 0.15) is 12.5 Å². The molecule has 1 aromatic carbocycles. The molecule has 80 valence electrons. The van der Waals surface area contributed by atoms with Crippen molar-refractivity contribution in [2.24, 2.45) is 0 Å². The predicted molar refractivity (Wildman–Crippen MR) is 59.9 cm³/mol. The number of rotatable bonds is 3. The van der Waals surface area contributed by atoms with Gasteiger partial charge in [0, 0.05) is 17.5 Å². The lowest BCUT2D eigenvalue weighted by Gasteiger charge is -2.04. The molecule has 1 aromatic rings. The van der Waals surface area contributed by atoms with Crippen LogP contribution in [0.4, 0.5) is 11.4 Å². The lowest BCUT2D eigenvalue weighted by molar-refractivity contribution is -0.139. The first kappa shape index (κ1) is 11.1. The fraction of sp³-hybridized carbons (Fsp3) is 0.182. The van der Waals surface area contributed by atoms with Crippen molar-refractivity contribution in [1.29, 1.82) is 0 Å². The van der Waals surface area contributed by atoms with E-state index in [1.807, 2.05) is 0 Å². The molecule has 0 heterocycles. The number of carbonyl (C=O) groups excluding carboxylic acids is 1. The number of hydrogen-bond acceptors (Lipinski definition) is 4. The van der Waals surface area contributed by atoms with Crippen molar-refractivity contribution in [3.05, 3.63) is 35.9 Å². The largest absolute Gasteiger partial charge is 0.458 e. The zero-order valence-corrected chi connectivity index (χ0v) is 8.57. The summed E-state index contributed by atoms with van der Waals surface area (Å²) in [7, 11) is 0. The monoisotopic (exact) mass is 206 g/mol. The van der Waals surface area contributed by atoms with Gasteiger partial charge in [-0.2, -0.15) is 0 Å². The molecule has 0 aliphatic rings. The molecule has 0 spiro atoms. The van der Waals surface area contributed by atoms with Gasteiger partial charge < -0.3 is 16.2 Å². The Kier molecular flexibility index (Phi) is 3.74. The molecule has 0 aromatic heterocycles.